The number of amides is 7. The van der Waals surface area contributed by atoms with Crippen molar-refractivity contribution in [3.05, 3.63) is 36.0 Å². The van der Waals surface area contributed by atoms with Crippen LogP contribution in [0.15, 0.2) is 30.5 Å². The van der Waals surface area contributed by atoms with Crippen LogP contribution in [-0.2, 0) is 67.6 Å². The lowest BCUT2D eigenvalue weighted by molar-refractivity contribution is -0.145. The van der Waals surface area contributed by atoms with E-state index in [0.29, 0.717) is 4.34 Å². The molecule has 7 atom stereocenters. The van der Waals surface area contributed by atoms with E-state index in [1.807, 2.05) is 5.32 Å². The summed E-state index contributed by atoms with van der Waals surface area (Å²) >= 11 is 1.16. The summed E-state index contributed by atoms with van der Waals surface area (Å²) in [6, 6.07) is -5.23. The Balaban J connectivity index is 2.56. The van der Waals surface area contributed by atoms with Gasteiger partial charge in [-0.15, -0.1) is 0 Å². The maximum Gasteiger partial charge on any atom is 0.469 e. The number of hydrogen-bond donors (Lipinski definition) is 17. The van der Waals surface area contributed by atoms with Gasteiger partial charge < -0.3 is 76.6 Å². The number of phosphoric ester groups is 1. The molecule has 0 bridgehead atoms. The molecule has 0 aliphatic carbocycles. The second-order valence-electron chi connectivity index (χ2n) is 16.0. The molecule has 0 unspecified atom stereocenters. The van der Waals surface area contributed by atoms with Crippen molar-refractivity contribution < 1.29 is 105 Å². The number of nitrogens with zero attached hydrogens (tertiary/aromatic N) is 1. The molecule has 0 spiro atoms. The van der Waals surface area contributed by atoms with Crippen molar-refractivity contribution in [1.82, 2.24) is 41.1 Å². The highest BCUT2D eigenvalue weighted by molar-refractivity contribution is 7.98. The van der Waals surface area contributed by atoms with Crippen LogP contribution in [-0.4, -0.2) is 150 Å². The molecular weight excluding hydrogens is 1050 g/mol. The Kier molecular flexibility index (Phi) is 23.7. The van der Waals surface area contributed by atoms with Crippen LogP contribution in [0.2, 0.25) is 0 Å². The number of phosphoric acid groups is 1. The fourth-order valence-electron chi connectivity index (χ4n) is 6.49. The minimum absolute atomic E-state index is 0.0213. The number of benzene rings is 1. The number of nitrogens with one attached hydrogen (secondary N) is 7. The first-order valence-electron chi connectivity index (χ1n) is 20.6. The summed E-state index contributed by atoms with van der Waals surface area (Å²) in [7, 11) is -20.7. The van der Waals surface area contributed by atoms with Gasteiger partial charge >= 0.3 is 37.0 Å². The van der Waals surface area contributed by atoms with E-state index in [-0.39, 0.29) is 35.1 Å². The lowest BCUT2D eigenvalue weighted by Gasteiger charge is -2.28. The predicted octanol–water partition coefficient (Wildman–Crippen LogP) is -3.15. The molecule has 0 aliphatic heterocycles. The molecule has 0 radical (unpaired) electrons. The van der Waals surface area contributed by atoms with Crippen molar-refractivity contribution in [2.24, 2.45) is 11.7 Å². The van der Waals surface area contributed by atoms with Crippen LogP contribution >= 0.6 is 42.8 Å². The van der Waals surface area contributed by atoms with Crippen LogP contribution < -0.4 is 42.5 Å². The van der Waals surface area contributed by atoms with Gasteiger partial charge in [0.05, 0.1) is 24.1 Å². The molecule has 1 aromatic heterocycles. The van der Waals surface area contributed by atoms with E-state index in [4.69, 9.17) is 15.5 Å². The normalized spacial score (nSPS) is 15.2. The number of aromatic nitrogens is 1. The zero-order chi connectivity index (χ0) is 54.4. The molecule has 36 heteroatoms. The zero-order valence-electron chi connectivity index (χ0n) is 38.0. The van der Waals surface area contributed by atoms with E-state index in [1.165, 1.54) is 34.4 Å². The highest BCUT2D eigenvalue weighted by atomic mass is 32.2. The number of carbonyl (C=O) groups excluding carboxylic acids is 7. The molecule has 0 fully saturated rings. The quantitative estimate of drug-likeness (QED) is 0.0358. The number of hydrogen-bond acceptors (Lipinski definition) is 15. The largest absolute Gasteiger partial charge is 0.480 e. The lowest BCUT2D eigenvalue weighted by Crippen LogP contribution is -2.60. The maximum atomic E-state index is 14.3. The fraction of sp³-hybridized carbons (Fsp3) is 0.543. The van der Waals surface area contributed by atoms with E-state index in [9.17, 15) is 91.1 Å². The van der Waals surface area contributed by atoms with Gasteiger partial charge in [-0.05, 0) is 55.7 Å². The number of thioether (sulfide) groups is 1. The van der Waals surface area contributed by atoms with E-state index in [1.54, 1.807) is 20.1 Å². The number of para-hydroxylation sites is 1. The summed E-state index contributed by atoms with van der Waals surface area (Å²) in [4.78, 5) is 181. The van der Waals surface area contributed by atoms with E-state index in [0.717, 1.165) is 24.9 Å². The maximum absolute atomic E-state index is 14.3. The smallest absolute Gasteiger partial charge is 0.469 e. The van der Waals surface area contributed by atoms with Crippen LogP contribution in [0.25, 0.3) is 10.9 Å². The second-order valence-corrected chi connectivity index (χ2v) is 22.3. The zero-order valence-corrected chi connectivity index (χ0v) is 42.4. The van der Waals surface area contributed by atoms with Crippen molar-refractivity contribution in [3.8, 4) is 0 Å². The number of carbonyl (C=O) groups is 8. The van der Waals surface area contributed by atoms with Crippen LogP contribution in [0.5, 0.6) is 0 Å². The highest BCUT2D eigenvalue weighted by Gasteiger charge is 2.38. The summed E-state index contributed by atoms with van der Waals surface area (Å²) < 4.78 is 51.5. The molecule has 71 heavy (non-hydrogen) atoms. The Morgan fingerprint density at radius 3 is 1.73 bits per heavy atom. The van der Waals surface area contributed by atoms with Crippen molar-refractivity contribution >= 4 is 101 Å². The van der Waals surface area contributed by atoms with Crippen molar-refractivity contribution in [1.29, 1.82) is 0 Å². The third-order valence-electron chi connectivity index (χ3n) is 9.62. The van der Waals surface area contributed by atoms with Gasteiger partial charge in [0.25, 0.3) is 0 Å². The van der Waals surface area contributed by atoms with E-state index in [2.05, 4.69) is 25.8 Å². The van der Waals surface area contributed by atoms with Crippen molar-refractivity contribution in [2.75, 3.05) is 12.0 Å². The van der Waals surface area contributed by atoms with Crippen LogP contribution in [0.3, 0.4) is 0 Å². The standard InChI is InChI=1S/C35H57N9O22P4S/c1-17(2)13-23(32(49)37-22(11-12-71-4)31(48)40-25(15-28(46)43-68(57,58)59)34(51)41-29(35(52)53)18(3)66-70(63,64)65)39-33(50)24(38-30(47)21(36)9-10-27(45)42-67(54,55)56)14-19-16-44(69(60,61)62)26-8-6-5-7-20(19)26/h5-8,16-18,21-25,29H,9-15,36H2,1-4H3,(H,37,49)(H,38,47)(H,39,50)(H,40,48)(H,41,51)(H,52,53)(H2,60,61,62)(H2,63,64,65)(H3,42,45,54,55,56)(H3,43,46,57,58,59)/t18-,21+,22+,23+,24+,25+,29+/m1/s1. The molecule has 31 nitrogen and oxygen atoms in total. The van der Waals surface area contributed by atoms with E-state index < -0.39 is 152 Å². The number of carboxylic acid groups (broad SMARTS) is 1. The van der Waals surface area contributed by atoms with Gasteiger partial charge in [-0.2, -0.15) is 11.8 Å². The monoisotopic (exact) mass is 1110 g/mol. The van der Waals surface area contributed by atoms with Gasteiger partial charge in [0.2, 0.25) is 41.4 Å². The minimum atomic E-state index is -5.36. The number of nitrogens with two attached hydrogens (primary N) is 1. The number of aliphatic carboxylic acids is 1. The third kappa shape index (κ3) is 22.4. The average Bonchev–Trinajstić information content (AvgIpc) is 3.59. The first kappa shape index (κ1) is 62.5. The first-order chi connectivity index (χ1) is 32.5. The molecule has 0 saturated heterocycles. The molecule has 1 heterocycles. The summed E-state index contributed by atoms with van der Waals surface area (Å²) in [5.74, 6) is -11.1. The molecule has 7 amide bonds. The Labute approximate surface area is 407 Å². The molecule has 18 N–H and O–H groups in total. The summed E-state index contributed by atoms with van der Waals surface area (Å²) in [6.45, 7) is 4.10. The molecule has 1 aromatic carbocycles. The Bertz CT molecular complexity index is 2470. The van der Waals surface area contributed by atoms with Crippen molar-refractivity contribution in [2.45, 2.75) is 102 Å². The highest BCUT2D eigenvalue weighted by Crippen LogP contribution is 2.42. The number of carboxylic acids is 1. The molecule has 0 saturated carbocycles. The van der Waals surface area contributed by atoms with Crippen LogP contribution in [0.4, 0.5) is 0 Å². The molecular formula is C35H57N9O22P4S. The Morgan fingerprint density at radius 1 is 0.690 bits per heavy atom. The summed E-state index contributed by atoms with van der Waals surface area (Å²) in [6.07, 6.45) is -2.76. The van der Waals surface area contributed by atoms with Crippen LogP contribution in [0, 0.1) is 5.92 Å². The van der Waals surface area contributed by atoms with Gasteiger partial charge in [0.1, 0.15) is 24.2 Å². The summed E-state index contributed by atoms with van der Waals surface area (Å²) in [5, 5.41) is 23.7. The lowest BCUT2D eigenvalue weighted by atomic mass is 10.00. The molecule has 0 aliphatic rings. The topological polar surface area (TPSA) is 511 Å². The molecule has 2 aromatic rings. The fourth-order valence-corrected chi connectivity index (χ4v) is 9.12. The van der Waals surface area contributed by atoms with Gasteiger partial charge in [-0.25, -0.2) is 23.1 Å². The second kappa shape index (κ2) is 26.9. The Hall–Kier alpha value is -4.61. The average molecular weight is 1110 g/mol. The van der Waals surface area contributed by atoms with Crippen molar-refractivity contribution in [3.63, 3.8) is 0 Å². The third-order valence-corrected chi connectivity index (χ3v) is 12.8. The van der Waals surface area contributed by atoms with Crippen LogP contribution in [0.1, 0.15) is 58.4 Å². The summed E-state index contributed by atoms with van der Waals surface area (Å²) in [5.41, 5.74) is 6.08. The van der Waals surface area contributed by atoms with Gasteiger partial charge in [-0.3, -0.25) is 52.6 Å². The van der Waals surface area contributed by atoms with Gasteiger partial charge in [0, 0.05) is 24.4 Å². The molecule has 2 rings (SSSR count). The Morgan fingerprint density at radius 2 is 1.20 bits per heavy atom. The molecule has 400 valence electrons. The van der Waals surface area contributed by atoms with Gasteiger partial charge in [-0.1, -0.05) is 32.0 Å². The SMILES string of the molecule is CSCC[C@H](NC(=O)[C@H](CC(C)C)NC(=O)[C@H](Cc1cn(P(=O)(O)O)c2ccccc12)NC(=O)[C@@H](N)CCC(=O)NP(=O)(O)O)C(=O)N[C@@H](CC(=O)NP(=O)(O)O)C(=O)N[C@H](C(=O)O)[C@@H](C)OP(=O)(O)O. The predicted molar refractivity (Wildman–Crippen MR) is 248 cm³/mol. The number of rotatable bonds is 29. The minimum Gasteiger partial charge on any atom is -0.480 e. The first-order valence-corrected chi connectivity index (χ1v) is 28.3. The van der Waals surface area contributed by atoms with Gasteiger partial charge in [0.15, 0.2) is 6.04 Å². The number of fused-ring (bicyclic) bond motifs is 1. The van der Waals surface area contributed by atoms with E-state index >= 15 is 0 Å².